The standard InChI is InChI=1S/C29H29N5O/c1-20-5-6-24(18-32-20)29(35)34-13-9-26(10-14-34)33-28-17-25(16-23-8-12-31-19-27(23)28)22-4-2-3-21(15-22)7-11-30/h2-6,12,15-19,23,26,33H,7-10,13-14H2,1H3. The summed E-state index contributed by atoms with van der Waals surface area (Å²) in [4.78, 5) is 23.5. The first-order chi connectivity index (χ1) is 17.1. The molecule has 0 bridgehead atoms. The van der Waals surface area contributed by atoms with Gasteiger partial charge >= 0.3 is 0 Å². The van der Waals surface area contributed by atoms with Crippen LogP contribution in [0.1, 0.15) is 46.4 Å². The molecule has 1 unspecified atom stereocenters. The monoisotopic (exact) mass is 463 g/mol. The molecule has 1 amide bonds. The van der Waals surface area contributed by atoms with Crippen LogP contribution in [-0.2, 0) is 6.42 Å². The number of aryl methyl sites for hydroxylation is 1. The molecule has 1 N–H and O–H groups in total. The lowest BCUT2D eigenvalue weighted by atomic mass is 9.83. The van der Waals surface area contributed by atoms with Gasteiger partial charge < -0.3 is 10.2 Å². The molecule has 1 fully saturated rings. The number of aromatic nitrogens is 1. The van der Waals surface area contributed by atoms with Gasteiger partial charge in [-0.3, -0.25) is 14.8 Å². The minimum atomic E-state index is 0.0553. The fourth-order valence-corrected chi connectivity index (χ4v) is 4.94. The second-order valence-electron chi connectivity index (χ2n) is 9.37. The van der Waals surface area contributed by atoms with Crippen molar-refractivity contribution in [3.05, 3.63) is 94.6 Å². The Hall–Kier alpha value is -3.98. The van der Waals surface area contributed by atoms with Gasteiger partial charge in [-0.1, -0.05) is 30.3 Å². The van der Waals surface area contributed by atoms with Crippen LogP contribution in [0.2, 0.25) is 0 Å². The minimum Gasteiger partial charge on any atom is -0.382 e. The Labute approximate surface area is 206 Å². The van der Waals surface area contributed by atoms with Crippen LogP contribution in [0.4, 0.5) is 0 Å². The molecule has 6 nitrogen and oxygen atoms in total. The lowest BCUT2D eigenvalue weighted by molar-refractivity contribution is 0.0707. The van der Waals surface area contributed by atoms with Crippen molar-refractivity contribution in [3.8, 4) is 6.07 Å². The van der Waals surface area contributed by atoms with E-state index in [4.69, 9.17) is 5.26 Å². The molecule has 176 valence electrons. The summed E-state index contributed by atoms with van der Waals surface area (Å²) in [5.41, 5.74) is 7.22. The van der Waals surface area contributed by atoms with Crippen LogP contribution in [0.3, 0.4) is 0 Å². The fourth-order valence-electron chi connectivity index (χ4n) is 4.94. The van der Waals surface area contributed by atoms with Crippen molar-refractivity contribution in [1.29, 1.82) is 5.26 Å². The third kappa shape index (κ3) is 5.09. The van der Waals surface area contributed by atoms with E-state index in [1.165, 1.54) is 11.1 Å². The first kappa shape index (κ1) is 22.8. The minimum absolute atomic E-state index is 0.0553. The number of hydrogen-bond donors (Lipinski definition) is 1. The predicted octanol–water partition coefficient (Wildman–Crippen LogP) is 4.61. The quantitative estimate of drug-likeness (QED) is 0.702. The Kier molecular flexibility index (Phi) is 6.58. The highest BCUT2D eigenvalue weighted by atomic mass is 16.2. The molecule has 1 aliphatic carbocycles. The zero-order chi connectivity index (χ0) is 24.2. The van der Waals surface area contributed by atoms with E-state index in [2.05, 4.69) is 45.6 Å². The molecule has 1 aromatic carbocycles. The number of allylic oxidation sites excluding steroid dienone is 4. The molecule has 35 heavy (non-hydrogen) atoms. The van der Waals surface area contributed by atoms with Crippen molar-refractivity contribution < 1.29 is 4.79 Å². The highest BCUT2D eigenvalue weighted by Gasteiger charge is 2.28. The first-order valence-corrected chi connectivity index (χ1v) is 12.2. The highest BCUT2D eigenvalue weighted by molar-refractivity contribution is 5.94. The lowest BCUT2D eigenvalue weighted by Gasteiger charge is -2.35. The Morgan fingerprint density at radius 3 is 2.86 bits per heavy atom. The Morgan fingerprint density at radius 2 is 2.09 bits per heavy atom. The second kappa shape index (κ2) is 10.1. The fraction of sp³-hybridized carbons (Fsp3) is 0.310. The number of nitrogens with zero attached hydrogens (tertiary/aromatic N) is 4. The molecule has 0 saturated carbocycles. The summed E-state index contributed by atoms with van der Waals surface area (Å²) in [5.74, 6) is 0.338. The lowest BCUT2D eigenvalue weighted by Crippen LogP contribution is -2.45. The number of rotatable bonds is 5. The molecule has 3 aliphatic rings. The van der Waals surface area contributed by atoms with E-state index >= 15 is 0 Å². The number of piperidine rings is 1. The highest BCUT2D eigenvalue weighted by Crippen LogP contribution is 2.35. The van der Waals surface area contributed by atoms with E-state index in [0.717, 1.165) is 54.9 Å². The van der Waals surface area contributed by atoms with Crippen LogP contribution < -0.4 is 5.32 Å². The maximum absolute atomic E-state index is 12.9. The number of pyridine rings is 1. The van der Waals surface area contributed by atoms with Crippen LogP contribution in [-0.4, -0.2) is 41.1 Å². The van der Waals surface area contributed by atoms with Gasteiger partial charge in [0.25, 0.3) is 5.91 Å². The number of benzene rings is 1. The van der Waals surface area contributed by atoms with Gasteiger partial charge in [-0.2, -0.15) is 5.26 Å². The molecule has 2 aliphatic heterocycles. The topological polar surface area (TPSA) is 81.4 Å². The van der Waals surface area contributed by atoms with Crippen LogP contribution in [0, 0.1) is 24.2 Å². The van der Waals surface area contributed by atoms with Crippen LogP contribution in [0.15, 0.2) is 77.2 Å². The van der Waals surface area contributed by atoms with Crippen molar-refractivity contribution in [3.63, 3.8) is 0 Å². The van der Waals surface area contributed by atoms with E-state index in [1.807, 2.05) is 48.5 Å². The Morgan fingerprint density at radius 1 is 1.23 bits per heavy atom. The number of carbonyl (C=O) groups is 1. The third-order valence-electron chi connectivity index (χ3n) is 6.91. The van der Waals surface area contributed by atoms with E-state index in [0.29, 0.717) is 12.0 Å². The molecule has 0 spiro atoms. The normalized spacial score (nSPS) is 19.7. The summed E-state index contributed by atoms with van der Waals surface area (Å²) in [7, 11) is 0. The number of nitrogens with one attached hydrogen (secondary N) is 1. The van der Waals surface area contributed by atoms with Gasteiger partial charge in [-0.25, -0.2) is 0 Å². The molecular weight excluding hydrogens is 434 g/mol. The molecule has 5 rings (SSSR count). The average molecular weight is 464 g/mol. The van der Waals surface area contributed by atoms with Gasteiger partial charge in [0.2, 0.25) is 0 Å². The van der Waals surface area contributed by atoms with Crippen molar-refractivity contribution >= 4 is 17.7 Å². The SMILES string of the molecule is Cc1ccc(C(=O)N2CCC(NC3=CC(c4cccc(CC#N)c4)=CC4CC=NC=C34)CC2)cn1. The molecule has 1 aromatic heterocycles. The van der Waals surface area contributed by atoms with E-state index in [-0.39, 0.29) is 17.9 Å². The maximum Gasteiger partial charge on any atom is 0.255 e. The van der Waals surface area contributed by atoms with Gasteiger partial charge in [0, 0.05) is 60.6 Å². The number of amides is 1. The van der Waals surface area contributed by atoms with Gasteiger partial charge in [-0.05, 0) is 61.1 Å². The average Bonchev–Trinajstić information content (AvgIpc) is 2.89. The summed E-state index contributed by atoms with van der Waals surface area (Å²) in [6.07, 6.45) is 13.2. The summed E-state index contributed by atoms with van der Waals surface area (Å²) < 4.78 is 0. The molecule has 2 aromatic rings. The Balaban J connectivity index is 1.30. The summed E-state index contributed by atoms with van der Waals surface area (Å²) in [6.45, 7) is 3.36. The van der Waals surface area contributed by atoms with Crippen molar-refractivity contribution in [1.82, 2.24) is 15.2 Å². The van der Waals surface area contributed by atoms with E-state index < -0.39 is 0 Å². The van der Waals surface area contributed by atoms with E-state index in [9.17, 15) is 4.79 Å². The van der Waals surface area contributed by atoms with Gasteiger partial charge in [0.1, 0.15) is 0 Å². The number of fused-ring (bicyclic) bond motifs is 1. The largest absolute Gasteiger partial charge is 0.382 e. The number of hydrogen-bond acceptors (Lipinski definition) is 5. The number of aliphatic imine (C=N–C) groups is 1. The third-order valence-corrected chi connectivity index (χ3v) is 6.91. The molecule has 0 radical (unpaired) electrons. The maximum atomic E-state index is 12.9. The summed E-state index contributed by atoms with van der Waals surface area (Å²) in [6, 6.07) is 14.5. The second-order valence-corrected chi connectivity index (χ2v) is 9.37. The van der Waals surface area contributed by atoms with Crippen molar-refractivity contribution in [2.45, 2.75) is 38.6 Å². The van der Waals surface area contributed by atoms with Crippen LogP contribution in [0.5, 0.6) is 0 Å². The molecular formula is C29H29N5O. The van der Waals surface area contributed by atoms with Gasteiger partial charge in [0.15, 0.2) is 0 Å². The van der Waals surface area contributed by atoms with Gasteiger partial charge in [-0.15, -0.1) is 0 Å². The van der Waals surface area contributed by atoms with E-state index in [1.54, 1.807) is 6.20 Å². The summed E-state index contributed by atoms with van der Waals surface area (Å²) >= 11 is 0. The number of likely N-dealkylation sites (tertiary alicyclic amines) is 1. The summed E-state index contributed by atoms with van der Waals surface area (Å²) in [5, 5.41) is 12.9. The first-order valence-electron chi connectivity index (χ1n) is 12.2. The number of carbonyl (C=O) groups excluding carboxylic acids is 1. The smallest absolute Gasteiger partial charge is 0.255 e. The van der Waals surface area contributed by atoms with Gasteiger partial charge in [0.05, 0.1) is 18.1 Å². The number of nitriles is 1. The van der Waals surface area contributed by atoms with Crippen LogP contribution in [0.25, 0.3) is 5.57 Å². The zero-order valence-corrected chi connectivity index (χ0v) is 19.9. The molecule has 6 heteroatoms. The van der Waals surface area contributed by atoms with Crippen molar-refractivity contribution in [2.75, 3.05) is 13.1 Å². The molecule has 1 saturated heterocycles. The Bertz CT molecular complexity index is 1270. The van der Waals surface area contributed by atoms with Crippen molar-refractivity contribution in [2.24, 2.45) is 10.9 Å². The predicted molar refractivity (Wildman–Crippen MR) is 138 cm³/mol. The molecule has 1 atom stereocenters. The van der Waals surface area contributed by atoms with Crippen LogP contribution >= 0.6 is 0 Å². The zero-order valence-electron chi connectivity index (χ0n) is 19.9. The molecule has 3 heterocycles.